The van der Waals surface area contributed by atoms with Crippen LogP contribution in [0.3, 0.4) is 0 Å². The molecule has 0 radical (unpaired) electrons. The summed E-state index contributed by atoms with van der Waals surface area (Å²) in [5, 5.41) is 12.5. The average molecular weight is 352 g/mol. The number of anilines is 1. The summed E-state index contributed by atoms with van der Waals surface area (Å²) in [6.45, 7) is 0.686. The maximum atomic E-state index is 9.15. The Labute approximate surface area is 132 Å². The van der Waals surface area contributed by atoms with Crippen LogP contribution in [0.5, 0.6) is 11.5 Å². The van der Waals surface area contributed by atoms with Crippen molar-refractivity contribution in [2.75, 3.05) is 19.5 Å². The minimum absolute atomic E-state index is 0.0391. The summed E-state index contributed by atoms with van der Waals surface area (Å²) in [7, 11) is 3.23. The van der Waals surface area contributed by atoms with E-state index in [9.17, 15) is 0 Å². The summed E-state index contributed by atoms with van der Waals surface area (Å²) >= 11 is 3.48. The molecule has 0 amide bonds. The molecule has 0 bridgehead atoms. The van der Waals surface area contributed by atoms with Crippen molar-refractivity contribution >= 4 is 21.6 Å². The number of nitrogens with one attached hydrogen (secondary N) is 1. The largest absolute Gasteiger partial charge is 0.493 e. The number of aliphatic hydroxyl groups excluding tert-OH is 1. The molecule has 2 rings (SSSR count). The summed E-state index contributed by atoms with van der Waals surface area (Å²) in [5.74, 6) is 1.37. The van der Waals surface area contributed by atoms with Crippen LogP contribution < -0.4 is 14.8 Å². The number of aliphatic hydroxyl groups is 1. The van der Waals surface area contributed by atoms with Gasteiger partial charge in [0.1, 0.15) is 0 Å². The van der Waals surface area contributed by atoms with Crippen LogP contribution in [-0.4, -0.2) is 19.3 Å². The first-order valence-electron chi connectivity index (χ1n) is 6.52. The van der Waals surface area contributed by atoms with Gasteiger partial charge in [-0.05, 0) is 51.3 Å². The maximum absolute atomic E-state index is 9.15. The highest BCUT2D eigenvalue weighted by atomic mass is 79.9. The molecule has 0 saturated carbocycles. The number of rotatable bonds is 6. The van der Waals surface area contributed by atoms with E-state index in [2.05, 4.69) is 21.2 Å². The van der Waals surface area contributed by atoms with Crippen molar-refractivity contribution in [3.8, 4) is 11.5 Å². The van der Waals surface area contributed by atoms with Crippen molar-refractivity contribution in [2.24, 2.45) is 0 Å². The third-order valence-electron chi connectivity index (χ3n) is 3.10. The van der Waals surface area contributed by atoms with E-state index in [1.165, 1.54) is 0 Å². The first-order chi connectivity index (χ1) is 10.2. The van der Waals surface area contributed by atoms with E-state index >= 15 is 0 Å². The monoisotopic (exact) mass is 351 g/mol. The number of ether oxygens (including phenoxy) is 2. The highest BCUT2D eigenvalue weighted by Crippen LogP contribution is 2.36. The Kier molecular flexibility index (Phi) is 5.47. The molecular weight excluding hydrogens is 334 g/mol. The Bertz CT molecular complexity index is 616. The van der Waals surface area contributed by atoms with Gasteiger partial charge in [-0.25, -0.2) is 0 Å². The molecule has 0 aromatic heterocycles. The minimum Gasteiger partial charge on any atom is -0.493 e. The normalized spacial score (nSPS) is 10.3. The van der Waals surface area contributed by atoms with E-state index < -0.39 is 0 Å². The van der Waals surface area contributed by atoms with E-state index in [1.807, 2.05) is 36.4 Å². The van der Waals surface area contributed by atoms with Crippen molar-refractivity contribution in [1.29, 1.82) is 0 Å². The lowest BCUT2D eigenvalue weighted by Crippen LogP contribution is -2.01. The number of hydrogen-bond donors (Lipinski definition) is 2. The number of hydrogen-bond acceptors (Lipinski definition) is 4. The smallest absolute Gasteiger partial charge is 0.174 e. The molecule has 2 aromatic carbocycles. The average Bonchev–Trinajstić information content (AvgIpc) is 2.52. The Hall–Kier alpha value is -1.72. The topological polar surface area (TPSA) is 50.7 Å². The third kappa shape index (κ3) is 3.89. The Morgan fingerprint density at radius 3 is 2.57 bits per heavy atom. The molecule has 0 fully saturated rings. The lowest BCUT2D eigenvalue weighted by molar-refractivity contribution is 0.282. The summed E-state index contributed by atoms with van der Waals surface area (Å²) in [4.78, 5) is 0. The quantitative estimate of drug-likeness (QED) is 0.835. The van der Waals surface area contributed by atoms with Gasteiger partial charge in [0.2, 0.25) is 0 Å². The molecule has 21 heavy (non-hydrogen) atoms. The summed E-state index contributed by atoms with van der Waals surface area (Å²) in [6.07, 6.45) is 0. The van der Waals surface area contributed by atoms with E-state index in [-0.39, 0.29) is 6.61 Å². The second-order valence-electron chi connectivity index (χ2n) is 4.53. The van der Waals surface area contributed by atoms with Gasteiger partial charge in [-0.3, -0.25) is 0 Å². The van der Waals surface area contributed by atoms with Crippen LogP contribution in [0.1, 0.15) is 11.1 Å². The fraction of sp³-hybridized carbons (Fsp3) is 0.250. The Morgan fingerprint density at radius 2 is 1.90 bits per heavy atom. The van der Waals surface area contributed by atoms with Crippen molar-refractivity contribution in [2.45, 2.75) is 13.2 Å². The lowest BCUT2D eigenvalue weighted by Gasteiger charge is -2.13. The molecule has 0 aliphatic heterocycles. The molecule has 0 aliphatic carbocycles. The molecule has 0 heterocycles. The molecule has 2 aromatic rings. The zero-order chi connectivity index (χ0) is 15.2. The van der Waals surface area contributed by atoms with E-state index in [4.69, 9.17) is 14.6 Å². The van der Waals surface area contributed by atoms with Crippen molar-refractivity contribution in [3.63, 3.8) is 0 Å². The van der Waals surface area contributed by atoms with Crippen LogP contribution >= 0.6 is 15.9 Å². The molecule has 0 atom stereocenters. The predicted octanol–water partition coefficient (Wildman–Crippen LogP) is 3.57. The molecule has 4 nitrogen and oxygen atoms in total. The van der Waals surface area contributed by atoms with Gasteiger partial charge in [0.05, 0.1) is 25.3 Å². The Morgan fingerprint density at radius 1 is 1.10 bits per heavy atom. The molecule has 0 unspecified atom stereocenters. The summed E-state index contributed by atoms with van der Waals surface area (Å²) in [6, 6.07) is 11.6. The first-order valence-corrected chi connectivity index (χ1v) is 7.31. The molecule has 5 heteroatoms. The van der Waals surface area contributed by atoms with Crippen LogP contribution in [0.15, 0.2) is 40.9 Å². The number of halogens is 1. The van der Waals surface area contributed by atoms with Crippen LogP contribution in [-0.2, 0) is 13.2 Å². The molecule has 0 aliphatic rings. The van der Waals surface area contributed by atoms with Gasteiger partial charge < -0.3 is 19.9 Å². The van der Waals surface area contributed by atoms with Gasteiger partial charge >= 0.3 is 0 Å². The molecular formula is C16H18BrNO3. The molecule has 0 saturated heterocycles. The predicted molar refractivity (Wildman–Crippen MR) is 86.9 cm³/mol. The van der Waals surface area contributed by atoms with E-state index in [0.29, 0.717) is 18.0 Å². The van der Waals surface area contributed by atoms with Crippen LogP contribution in [0.25, 0.3) is 0 Å². The first kappa shape index (κ1) is 15.7. The molecule has 2 N–H and O–H groups in total. The van der Waals surface area contributed by atoms with Gasteiger partial charge in [0, 0.05) is 12.2 Å². The Balaban J connectivity index is 2.14. The summed E-state index contributed by atoms with van der Waals surface area (Å²) < 4.78 is 11.5. The van der Waals surface area contributed by atoms with E-state index in [1.54, 1.807) is 14.2 Å². The number of methoxy groups -OCH3 is 2. The van der Waals surface area contributed by atoms with Crippen LogP contribution in [0.2, 0.25) is 0 Å². The van der Waals surface area contributed by atoms with Gasteiger partial charge in [-0.1, -0.05) is 12.1 Å². The number of benzene rings is 2. The molecule has 0 spiro atoms. The third-order valence-corrected chi connectivity index (χ3v) is 3.69. The van der Waals surface area contributed by atoms with Gasteiger partial charge in [0.15, 0.2) is 11.5 Å². The maximum Gasteiger partial charge on any atom is 0.174 e. The minimum atomic E-state index is 0.0391. The highest BCUT2D eigenvalue weighted by molar-refractivity contribution is 9.10. The highest BCUT2D eigenvalue weighted by Gasteiger charge is 2.10. The second kappa shape index (κ2) is 7.33. The fourth-order valence-electron chi connectivity index (χ4n) is 2.06. The van der Waals surface area contributed by atoms with Gasteiger partial charge in [-0.2, -0.15) is 0 Å². The van der Waals surface area contributed by atoms with E-state index in [0.717, 1.165) is 21.3 Å². The zero-order valence-electron chi connectivity index (χ0n) is 12.0. The van der Waals surface area contributed by atoms with Crippen molar-refractivity contribution in [3.05, 3.63) is 52.0 Å². The standard InChI is InChI=1S/C16H18BrNO3/c1-20-15-8-12(7-14(17)16(15)21-2)9-18-13-5-3-4-11(6-13)10-19/h3-8,18-19H,9-10H2,1-2H3. The SMILES string of the molecule is COc1cc(CNc2cccc(CO)c2)cc(Br)c1OC. The summed E-state index contributed by atoms with van der Waals surface area (Å²) in [5.41, 5.74) is 2.91. The van der Waals surface area contributed by atoms with Crippen molar-refractivity contribution < 1.29 is 14.6 Å². The zero-order valence-corrected chi connectivity index (χ0v) is 13.6. The van der Waals surface area contributed by atoms with Gasteiger partial charge in [0.25, 0.3) is 0 Å². The van der Waals surface area contributed by atoms with Crippen molar-refractivity contribution in [1.82, 2.24) is 0 Å². The van der Waals surface area contributed by atoms with Gasteiger partial charge in [-0.15, -0.1) is 0 Å². The van der Waals surface area contributed by atoms with Crippen LogP contribution in [0.4, 0.5) is 5.69 Å². The molecule has 112 valence electrons. The lowest BCUT2D eigenvalue weighted by atomic mass is 10.1. The second-order valence-corrected chi connectivity index (χ2v) is 5.38. The van der Waals surface area contributed by atoms with Crippen LogP contribution in [0, 0.1) is 0 Å². The fourth-order valence-corrected chi connectivity index (χ4v) is 2.71.